The summed E-state index contributed by atoms with van der Waals surface area (Å²) in [6.07, 6.45) is 3.95. The number of carbonyl (C=O) groups excluding carboxylic acids is 1. The first-order chi connectivity index (χ1) is 13.6. The average molecular weight is 398 g/mol. The van der Waals surface area contributed by atoms with Gasteiger partial charge in [-0.2, -0.15) is 0 Å². The van der Waals surface area contributed by atoms with Crippen molar-refractivity contribution in [2.24, 2.45) is 0 Å². The van der Waals surface area contributed by atoms with Crippen LogP contribution in [0.2, 0.25) is 0 Å². The molecule has 0 radical (unpaired) electrons. The summed E-state index contributed by atoms with van der Waals surface area (Å²) in [6, 6.07) is 14.2. The quantitative estimate of drug-likeness (QED) is 0.742. The fraction of sp³-hybridized carbons (Fsp3) is 0.286. The SMILES string of the molecule is O=C(/C=C/c1ccc(S(=O)(=O)N2CCc3ccccc32)cc1)N1CCOCC1. The fourth-order valence-electron chi connectivity index (χ4n) is 3.49. The third-order valence-corrected chi connectivity index (χ3v) is 6.88. The number of benzene rings is 2. The molecule has 2 aromatic rings. The monoisotopic (exact) mass is 398 g/mol. The summed E-state index contributed by atoms with van der Waals surface area (Å²) in [5.74, 6) is -0.0614. The van der Waals surface area contributed by atoms with Crippen molar-refractivity contribution >= 4 is 27.7 Å². The van der Waals surface area contributed by atoms with Crippen molar-refractivity contribution in [1.29, 1.82) is 0 Å². The molecule has 2 aromatic carbocycles. The van der Waals surface area contributed by atoms with Crippen LogP contribution in [-0.4, -0.2) is 52.1 Å². The molecule has 2 aliphatic rings. The predicted octanol–water partition coefficient (Wildman–Crippen LogP) is 2.31. The van der Waals surface area contributed by atoms with E-state index >= 15 is 0 Å². The highest BCUT2D eigenvalue weighted by Crippen LogP contribution is 2.32. The Hall–Kier alpha value is -2.64. The van der Waals surface area contributed by atoms with Crippen LogP contribution in [0.3, 0.4) is 0 Å². The minimum Gasteiger partial charge on any atom is -0.378 e. The summed E-state index contributed by atoms with van der Waals surface area (Å²) in [5.41, 5.74) is 2.58. The van der Waals surface area contributed by atoms with Gasteiger partial charge in [0.1, 0.15) is 0 Å². The van der Waals surface area contributed by atoms with Gasteiger partial charge in [0.05, 0.1) is 23.8 Å². The molecule has 1 amide bonds. The molecule has 6 nitrogen and oxygen atoms in total. The molecule has 1 fully saturated rings. The molecular weight excluding hydrogens is 376 g/mol. The second-order valence-electron chi connectivity index (χ2n) is 6.80. The van der Waals surface area contributed by atoms with E-state index in [0.29, 0.717) is 32.8 Å². The maximum atomic E-state index is 13.0. The van der Waals surface area contributed by atoms with E-state index in [4.69, 9.17) is 4.74 Å². The lowest BCUT2D eigenvalue weighted by atomic mass is 10.2. The minimum atomic E-state index is -3.60. The van der Waals surface area contributed by atoms with Gasteiger partial charge in [-0.1, -0.05) is 30.3 Å². The van der Waals surface area contributed by atoms with Crippen molar-refractivity contribution in [2.45, 2.75) is 11.3 Å². The molecule has 0 aliphatic carbocycles. The topological polar surface area (TPSA) is 66.9 Å². The van der Waals surface area contributed by atoms with Gasteiger partial charge >= 0.3 is 0 Å². The number of hydrogen-bond acceptors (Lipinski definition) is 4. The second-order valence-corrected chi connectivity index (χ2v) is 8.66. The number of fused-ring (bicyclic) bond motifs is 1. The van der Waals surface area contributed by atoms with Gasteiger partial charge < -0.3 is 9.64 Å². The zero-order valence-electron chi connectivity index (χ0n) is 15.5. The highest BCUT2D eigenvalue weighted by molar-refractivity contribution is 7.92. The zero-order valence-corrected chi connectivity index (χ0v) is 16.3. The van der Waals surface area contributed by atoms with Crippen molar-refractivity contribution in [3.8, 4) is 0 Å². The van der Waals surface area contributed by atoms with Gasteiger partial charge in [-0.15, -0.1) is 0 Å². The van der Waals surface area contributed by atoms with Gasteiger partial charge in [0.25, 0.3) is 10.0 Å². The van der Waals surface area contributed by atoms with Gasteiger partial charge in [0.2, 0.25) is 5.91 Å². The first-order valence-corrected chi connectivity index (χ1v) is 10.8. The van der Waals surface area contributed by atoms with Crippen molar-refractivity contribution in [3.05, 3.63) is 65.7 Å². The largest absolute Gasteiger partial charge is 0.378 e. The number of rotatable bonds is 4. The molecule has 7 heteroatoms. The van der Waals surface area contributed by atoms with E-state index in [-0.39, 0.29) is 10.8 Å². The molecule has 0 aromatic heterocycles. The first kappa shape index (κ1) is 18.7. The Morgan fingerprint density at radius 3 is 2.43 bits per heavy atom. The van der Waals surface area contributed by atoms with Gasteiger partial charge in [-0.3, -0.25) is 9.10 Å². The maximum Gasteiger partial charge on any atom is 0.264 e. The molecule has 0 spiro atoms. The second kappa shape index (κ2) is 7.77. The molecule has 0 bridgehead atoms. The van der Waals surface area contributed by atoms with Crippen LogP contribution in [0.4, 0.5) is 5.69 Å². The van der Waals surface area contributed by atoms with E-state index in [2.05, 4.69) is 0 Å². The summed E-state index contributed by atoms with van der Waals surface area (Å²) in [7, 11) is -3.60. The average Bonchev–Trinajstić information content (AvgIpc) is 3.18. The molecule has 2 aliphatic heterocycles. The molecule has 4 rings (SSSR count). The number of morpholine rings is 1. The number of amides is 1. The van der Waals surface area contributed by atoms with E-state index < -0.39 is 10.0 Å². The Morgan fingerprint density at radius 2 is 1.68 bits per heavy atom. The Morgan fingerprint density at radius 1 is 0.964 bits per heavy atom. The lowest BCUT2D eigenvalue weighted by Crippen LogP contribution is -2.39. The van der Waals surface area contributed by atoms with Crippen molar-refractivity contribution in [3.63, 3.8) is 0 Å². The number of ether oxygens (including phenoxy) is 1. The highest BCUT2D eigenvalue weighted by Gasteiger charge is 2.30. The van der Waals surface area contributed by atoms with Crippen LogP contribution in [0.15, 0.2) is 59.5 Å². The van der Waals surface area contributed by atoms with E-state index in [9.17, 15) is 13.2 Å². The highest BCUT2D eigenvalue weighted by atomic mass is 32.2. The zero-order chi connectivity index (χ0) is 19.6. The van der Waals surface area contributed by atoms with Crippen molar-refractivity contribution < 1.29 is 17.9 Å². The normalized spacial score (nSPS) is 17.1. The Balaban J connectivity index is 1.48. The minimum absolute atomic E-state index is 0.0614. The van der Waals surface area contributed by atoms with Crippen molar-refractivity contribution in [2.75, 3.05) is 37.2 Å². The summed E-state index contributed by atoms with van der Waals surface area (Å²) in [4.78, 5) is 14.2. The van der Waals surface area contributed by atoms with E-state index in [0.717, 1.165) is 23.2 Å². The third kappa shape index (κ3) is 3.68. The smallest absolute Gasteiger partial charge is 0.264 e. The van der Waals surface area contributed by atoms with Crippen molar-refractivity contribution in [1.82, 2.24) is 4.90 Å². The fourth-order valence-corrected chi connectivity index (χ4v) is 5.00. The number of anilines is 1. The number of hydrogen-bond donors (Lipinski definition) is 0. The van der Waals surface area contributed by atoms with E-state index in [1.165, 1.54) is 10.4 Å². The number of nitrogens with zero attached hydrogens (tertiary/aromatic N) is 2. The van der Waals surface area contributed by atoms with Gasteiger partial charge in [-0.05, 0) is 41.8 Å². The molecule has 0 N–H and O–H groups in total. The maximum absolute atomic E-state index is 13.0. The lowest BCUT2D eigenvalue weighted by Gasteiger charge is -2.25. The van der Waals surface area contributed by atoms with Crippen LogP contribution in [0.25, 0.3) is 6.08 Å². The van der Waals surface area contributed by atoms with Crippen LogP contribution in [-0.2, 0) is 26.0 Å². The van der Waals surface area contributed by atoms with Crippen LogP contribution in [0, 0.1) is 0 Å². The van der Waals surface area contributed by atoms with E-state index in [1.807, 2.05) is 24.3 Å². The Kier molecular flexibility index (Phi) is 5.19. The molecule has 0 unspecified atom stereocenters. The standard InChI is InChI=1S/C21H22N2O4S/c24-21(22-13-15-27-16-14-22)10-7-17-5-8-19(9-6-17)28(25,26)23-12-11-18-3-1-2-4-20(18)23/h1-10H,11-16H2/b10-7+. The summed E-state index contributed by atoms with van der Waals surface area (Å²) >= 11 is 0. The molecule has 2 heterocycles. The summed E-state index contributed by atoms with van der Waals surface area (Å²) in [6.45, 7) is 2.77. The molecule has 1 saturated heterocycles. The van der Waals surface area contributed by atoms with Crippen LogP contribution in [0.1, 0.15) is 11.1 Å². The van der Waals surface area contributed by atoms with Crippen LogP contribution >= 0.6 is 0 Å². The number of sulfonamides is 1. The van der Waals surface area contributed by atoms with Gasteiger partial charge in [0, 0.05) is 25.7 Å². The summed E-state index contributed by atoms with van der Waals surface area (Å²) < 4.78 is 32.7. The van der Waals surface area contributed by atoms with E-state index in [1.54, 1.807) is 35.2 Å². The Bertz CT molecular complexity index is 993. The Labute approximate surface area is 165 Å². The number of para-hydroxylation sites is 1. The molecular formula is C21H22N2O4S. The summed E-state index contributed by atoms with van der Waals surface area (Å²) in [5, 5.41) is 0. The molecule has 28 heavy (non-hydrogen) atoms. The number of carbonyl (C=O) groups is 1. The predicted molar refractivity (Wildman–Crippen MR) is 108 cm³/mol. The van der Waals surface area contributed by atoms with Gasteiger partial charge in [-0.25, -0.2) is 8.42 Å². The lowest BCUT2D eigenvalue weighted by molar-refractivity contribution is -0.129. The third-order valence-electron chi connectivity index (χ3n) is 5.05. The van der Waals surface area contributed by atoms with Crippen LogP contribution < -0.4 is 4.31 Å². The first-order valence-electron chi connectivity index (χ1n) is 9.31. The molecule has 146 valence electrons. The molecule has 0 atom stereocenters. The van der Waals surface area contributed by atoms with Gasteiger partial charge in [0.15, 0.2) is 0 Å². The van der Waals surface area contributed by atoms with Crippen LogP contribution in [0.5, 0.6) is 0 Å². The molecule has 0 saturated carbocycles.